The van der Waals surface area contributed by atoms with Gasteiger partial charge in [0.2, 0.25) is 0 Å². The van der Waals surface area contributed by atoms with Gasteiger partial charge in [-0.05, 0) is 30.5 Å². The fraction of sp³-hybridized carbons (Fsp3) is 0.250. The van der Waals surface area contributed by atoms with Crippen molar-refractivity contribution in [3.63, 3.8) is 0 Å². The van der Waals surface area contributed by atoms with E-state index in [0.29, 0.717) is 11.4 Å². The number of nitrogens with one attached hydrogen (secondary N) is 1. The first kappa shape index (κ1) is 10.1. The molecule has 2 aliphatic rings. The highest BCUT2D eigenvalue weighted by Crippen LogP contribution is 2.21. The Balaban J connectivity index is 2.30. The molecule has 15 heavy (non-hydrogen) atoms. The summed E-state index contributed by atoms with van der Waals surface area (Å²) in [5.74, 6) is -0.251. The number of carboxylic acid groups (broad SMARTS) is 1. The highest BCUT2D eigenvalue weighted by Gasteiger charge is 2.26. The highest BCUT2D eigenvalue weighted by atomic mass is 32.2. The fourth-order valence-corrected chi connectivity index (χ4v) is 1.64. The van der Waals surface area contributed by atoms with E-state index in [1.54, 1.807) is 22.5 Å². The van der Waals surface area contributed by atoms with Crippen LogP contribution >= 0.6 is 11.9 Å². The van der Waals surface area contributed by atoms with Crippen LogP contribution in [0.4, 0.5) is 0 Å². The van der Waals surface area contributed by atoms with Crippen molar-refractivity contribution in [3.8, 4) is 0 Å². The van der Waals surface area contributed by atoms with Gasteiger partial charge < -0.3 is 5.11 Å². The first-order valence-corrected chi connectivity index (χ1v) is 5.42. The van der Waals surface area contributed by atoms with Crippen molar-refractivity contribution in [3.05, 3.63) is 23.4 Å². The number of rotatable bonds is 2. The monoisotopic (exact) mass is 226 g/mol. The van der Waals surface area contributed by atoms with Crippen LogP contribution in [0.15, 0.2) is 28.5 Å². The number of carboxylic acids is 1. The molecule has 7 heteroatoms. The summed E-state index contributed by atoms with van der Waals surface area (Å²) in [4.78, 5) is 10.9. The summed E-state index contributed by atoms with van der Waals surface area (Å²) in [5.41, 5.74) is 3.85. The van der Waals surface area contributed by atoms with Crippen LogP contribution in [0.5, 0.6) is 0 Å². The molecule has 2 heterocycles. The average molecular weight is 226 g/mol. The van der Waals surface area contributed by atoms with Gasteiger partial charge in [-0.15, -0.1) is 15.2 Å². The molecule has 0 amide bonds. The van der Waals surface area contributed by atoms with Crippen LogP contribution in [0.1, 0.15) is 6.92 Å². The molecule has 2 aliphatic heterocycles. The van der Waals surface area contributed by atoms with E-state index in [9.17, 15) is 4.79 Å². The molecule has 0 unspecified atom stereocenters. The predicted molar refractivity (Wildman–Crippen MR) is 57.2 cm³/mol. The van der Waals surface area contributed by atoms with Crippen LogP contribution in [0.3, 0.4) is 0 Å². The Hall–Kier alpha value is -1.47. The Kier molecular flexibility index (Phi) is 2.41. The molecule has 0 aromatic heterocycles. The maximum absolute atomic E-state index is 10.9. The summed E-state index contributed by atoms with van der Waals surface area (Å²) in [6.07, 6.45) is 5.12. The number of hydrazone groups is 1. The molecule has 0 fully saturated rings. The molecule has 0 aromatic carbocycles. The zero-order valence-corrected chi connectivity index (χ0v) is 9.08. The summed E-state index contributed by atoms with van der Waals surface area (Å²) in [6.45, 7) is 1.75. The molecule has 0 atom stereocenters. The molecular weight excluding hydrogens is 216 g/mol. The number of fused-ring (bicyclic) bond motifs is 1. The predicted octanol–water partition coefficient (Wildman–Crippen LogP) is 0.543. The van der Waals surface area contributed by atoms with E-state index < -0.39 is 5.97 Å². The van der Waals surface area contributed by atoms with E-state index >= 15 is 0 Å². The van der Waals surface area contributed by atoms with E-state index in [1.807, 2.05) is 6.26 Å². The lowest BCUT2D eigenvalue weighted by Gasteiger charge is -2.20. The van der Waals surface area contributed by atoms with Crippen LogP contribution in [0.25, 0.3) is 0 Å². The van der Waals surface area contributed by atoms with Crippen molar-refractivity contribution in [2.45, 2.75) is 6.92 Å². The van der Waals surface area contributed by atoms with Crippen LogP contribution in [-0.2, 0) is 4.79 Å². The molecule has 2 rings (SSSR count). The summed E-state index contributed by atoms with van der Waals surface area (Å²) in [5, 5.41) is 14.7. The van der Waals surface area contributed by atoms with Gasteiger partial charge >= 0.3 is 5.97 Å². The number of amidine groups is 1. The Bertz CT molecular complexity index is 401. The molecule has 2 N–H and O–H groups in total. The minimum atomic E-state index is -0.938. The van der Waals surface area contributed by atoms with E-state index in [-0.39, 0.29) is 5.57 Å². The maximum atomic E-state index is 10.9. The van der Waals surface area contributed by atoms with E-state index in [0.717, 1.165) is 0 Å². The average Bonchev–Trinajstić information content (AvgIpc) is 2.58. The van der Waals surface area contributed by atoms with Gasteiger partial charge in [0.25, 0.3) is 0 Å². The van der Waals surface area contributed by atoms with Gasteiger partial charge in [0, 0.05) is 12.5 Å². The summed E-state index contributed by atoms with van der Waals surface area (Å²) >= 11 is 1.40. The quantitative estimate of drug-likeness (QED) is 0.670. The number of hydrogen-bond donors (Lipinski definition) is 2. The van der Waals surface area contributed by atoms with Crippen molar-refractivity contribution in [2.75, 3.05) is 6.26 Å². The third kappa shape index (κ3) is 1.71. The summed E-state index contributed by atoms with van der Waals surface area (Å²) < 4.78 is 1.56. The molecule has 6 nitrogen and oxygen atoms in total. The lowest BCUT2D eigenvalue weighted by Crippen LogP contribution is -2.38. The van der Waals surface area contributed by atoms with Crippen molar-refractivity contribution in [1.82, 2.24) is 15.1 Å². The second-order valence-corrected chi connectivity index (χ2v) is 3.77. The van der Waals surface area contributed by atoms with Crippen LogP contribution in [-0.4, -0.2) is 32.7 Å². The lowest BCUT2D eigenvalue weighted by molar-refractivity contribution is -0.132. The number of aliphatic carboxylic acids is 1. The smallest absolute Gasteiger partial charge is 0.337 e. The van der Waals surface area contributed by atoms with Crippen LogP contribution < -0.4 is 5.53 Å². The van der Waals surface area contributed by atoms with Crippen molar-refractivity contribution < 1.29 is 9.90 Å². The zero-order valence-electron chi connectivity index (χ0n) is 8.26. The molecule has 0 aliphatic carbocycles. The van der Waals surface area contributed by atoms with Crippen LogP contribution in [0.2, 0.25) is 0 Å². The normalized spacial score (nSPS) is 19.5. The van der Waals surface area contributed by atoms with E-state index in [4.69, 9.17) is 5.11 Å². The number of hydrogen-bond acceptors (Lipinski definition) is 6. The topological polar surface area (TPSA) is 68.2 Å². The first-order valence-electron chi connectivity index (χ1n) is 4.24. The Labute approximate surface area is 91.0 Å². The maximum Gasteiger partial charge on any atom is 0.337 e. The van der Waals surface area contributed by atoms with Gasteiger partial charge in [0.05, 0.1) is 5.57 Å². The van der Waals surface area contributed by atoms with Gasteiger partial charge in [-0.2, -0.15) is 0 Å². The van der Waals surface area contributed by atoms with E-state index in [2.05, 4.69) is 10.6 Å². The van der Waals surface area contributed by atoms with Crippen molar-refractivity contribution in [1.29, 1.82) is 0 Å². The van der Waals surface area contributed by atoms with Crippen LogP contribution in [0, 0.1) is 0 Å². The van der Waals surface area contributed by atoms with Gasteiger partial charge in [-0.1, -0.05) is 0 Å². The highest BCUT2D eigenvalue weighted by molar-refractivity contribution is 7.96. The van der Waals surface area contributed by atoms with Gasteiger partial charge in [-0.25, -0.2) is 9.80 Å². The number of carbonyl (C=O) groups is 1. The molecule has 0 saturated carbocycles. The lowest BCUT2D eigenvalue weighted by atomic mass is 10.1. The minimum Gasteiger partial charge on any atom is -0.478 e. The zero-order chi connectivity index (χ0) is 11.0. The Morgan fingerprint density at radius 2 is 2.40 bits per heavy atom. The molecule has 0 radical (unpaired) electrons. The Morgan fingerprint density at radius 3 is 3.00 bits per heavy atom. The molecule has 0 aromatic rings. The minimum absolute atomic E-state index is 0.268. The Morgan fingerprint density at radius 1 is 1.67 bits per heavy atom. The second kappa shape index (κ2) is 3.59. The molecule has 0 saturated heterocycles. The summed E-state index contributed by atoms with van der Waals surface area (Å²) in [6, 6.07) is 0. The number of hydrazine groups is 2. The number of nitrogens with zero attached hydrogens (tertiary/aromatic N) is 3. The first-order chi connectivity index (χ1) is 7.11. The molecule has 80 valence electrons. The largest absolute Gasteiger partial charge is 0.478 e. The molecule has 0 spiro atoms. The third-order valence-corrected chi connectivity index (χ3v) is 2.57. The van der Waals surface area contributed by atoms with Gasteiger partial charge in [-0.3, -0.25) is 0 Å². The van der Waals surface area contributed by atoms with Gasteiger partial charge in [0.1, 0.15) is 0 Å². The SMILES string of the molecule is CSN1N=C2C=C(C)C(C(=O)O)=CN2N1. The molecular formula is C8H10N4O2S. The van der Waals surface area contributed by atoms with E-state index in [1.165, 1.54) is 18.1 Å². The van der Waals surface area contributed by atoms with Crippen molar-refractivity contribution >= 4 is 23.8 Å². The third-order valence-electron chi connectivity index (χ3n) is 2.07. The standard InChI is InChI=1S/C8H10N4O2S/c1-5-3-7-9-12(15-2)10-11(7)4-6(5)8(13)14/h3-4,10H,1-2H3,(H,13,14). The molecule has 0 bridgehead atoms. The van der Waals surface area contributed by atoms with Crippen molar-refractivity contribution in [2.24, 2.45) is 5.10 Å². The fourth-order valence-electron chi connectivity index (χ4n) is 1.31. The second-order valence-electron chi connectivity index (χ2n) is 3.06. The summed E-state index contributed by atoms with van der Waals surface area (Å²) in [7, 11) is 0. The van der Waals surface area contributed by atoms with Gasteiger partial charge in [0.15, 0.2) is 5.84 Å².